The maximum atomic E-state index is 13.4. The number of ether oxygens (including phenoxy) is 1. The molecule has 158 valence electrons. The molecule has 4 heterocycles. The maximum absolute atomic E-state index is 13.4. The first-order valence-electron chi connectivity index (χ1n) is 10.2. The standard InChI is InChI=1S/C22H23N7O2/c1-14-8-15(2)26-22(25-14)28-12-16-10-27(11-17(16)13-28)21(30)19-9-18(31-3)4-5-20(19)29-23-6-7-24-29/h4-9,12,17H,10-11,13H2,1-3H3. The number of aromatic nitrogens is 5. The molecule has 2 aliphatic rings. The molecule has 0 spiro atoms. The Morgan fingerprint density at radius 1 is 1.06 bits per heavy atom. The molecule has 2 aliphatic heterocycles. The van der Waals surface area contributed by atoms with Crippen LogP contribution >= 0.6 is 0 Å². The fourth-order valence-electron chi connectivity index (χ4n) is 4.24. The molecule has 31 heavy (non-hydrogen) atoms. The number of amides is 1. The molecule has 5 rings (SSSR count). The second-order valence-corrected chi connectivity index (χ2v) is 7.89. The smallest absolute Gasteiger partial charge is 0.256 e. The quantitative estimate of drug-likeness (QED) is 0.643. The first-order chi connectivity index (χ1) is 15.0. The van der Waals surface area contributed by atoms with Gasteiger partial charge in [-0.15, -0.1) is 0 Å². The number of hydrogen-bond donors (Lipinski definition) is 0. The molecule has 1 atom stereocenters. The summed E-state index contributed by atoms with van der Waals surface area (Å²) in [7, 11) is 1.59. The van der Waals surface area contributed by atoms with Crippen LogP contribution in [0.5, 0.6) is 5.75 Å². The molecule has 1 fully saturated rings. The molecule has 9 nitrogen and oxygen atoms in total. The molecule has 1 saturated heterocycles. The lowest BCUT2D eigenvalue weighted by atomic mass is 10.1. The zero-order valence-corrected chi connectivity index (χ0v) is 17.7. The van der Waals surface area contributed by atoms with Gasteiger partial charge in [-0.2, -0.15) is 15.0 Å². The first kappa shape index (κ1) is 19.2. The van der Waals surface area contributed by atoms with Crippen molar-refractivity contribution in [1.82, 2.24) is 29.9 Å². The van der Waals surface area contributed by atoms with Gasteiger partial charge in [-0.1, -0.05) is 0 Å². The second-order valence-electron chi connectivity index (χ2n) is 7.89. The van der Waals surface area contributed by atoms with Crippen molar-refractivity contribution in [2.24, 2.45) is 5.92 Å². The molecule has 9 heteroatoms. The van der Waals surface area contributed by atoms with Crippen molar-refractivity contribution in [3.05, 3.63) is 65.4 Å². The maximum Gasteiger partial charge on any atom is 0.256 e. The Balaban J connectivity index is 1.40. The predicted molar refractivity (Wildman–Crippen MR) is 114 cm³/mol. The molecule has 2 aromatic heterocycles. The van der Waals surface area contributed by atoms with Crippen LogP contribution in [0, 0.1) is 19.8 Å². The summed E-state index contributed by atoms with van der Waals surface area (Å²) in [6, 6.07) is 7.33. The molecule has 0 N–H and O–H groups in total. The number of anilines is 1. The molecule has 1 amide bonds. The lowest BCUT2D eigenvalue weighted by molar-refractivity contribution is 0.0788. The topological polar surface area (TPSA) is 89.3 Å². The second kappa shape index (κ2) is 7.50. The van der Waals surface area contributed by atoms with Crippen LogP contribution in [-0.4, -0.2) is 62.5 Å². The molecule has 3 aromatic rings. The summed E-state index contributed by atoms with van der Waals surface area (Å²) in [5, 5.41) is 8.38. The number of carbonyl (C=O) groups excluding carboxylic acids is 1. The van der Waals surface area contributed by atoms with E-state index in [9.17, 15) is 4.79 Å². The van der Waals surface area contributed by atoms with E-state index in [1.54, 1.807) is 37.7 Å². The van der Waals surface area contributed by atoms with Gasteiger partial charge in [0.2, 0.25) is 5.95 Å². The summed E-state index contributed by atoms with van der Waals surface area (Å²) in [6.07, 6.45) is 5.27. The van der Waals surface area contributed by atoms with Gasteiger partial charge in [0, 0.05) is 43.1 Å². The Morgan fingerprint density at radius 2 is 1.81 bits per heavy atom. The van der Waals surface area contributed by atoms with Crippen LogP contribution in [-0.2, 0) is 0 Å². The lowest BCUT2D eigenvalue weighted by Crippen LogP contribution is -2.32. The van der Waals surface area contributed by atoms with E-state index >= 15 is 0 Å². The van der Waals surface area contributed by atoms with Crippen molar-refractivity contribution in [2.45, 2.75) is 13.8 Å². The third kappa shape index (κ3) is 3.52. The molecular weight excluding hydrogens is 394 g/mol. The number of fused-ring (bicyclic) bond motifs is 1. The van der Waals surface area contributed by atoms with E-state index in [2.05, 4.69) is 31.3 Å². The third-order valence-corrected chi connectivity index (χ3v) is 5.66. The number of aryl methyl sites for hydroxylation is 2. The van der Waals surface area contributed by atoms with Gasteiger partial charge in [-0.05, 0) is 43.7 Å². The Hall–Kier alpha value is -3.75. The number of nitrogens with zero attached hydrogens (tertiary/aromatic N) is 7. The van der Waals surface area contributed by atoms with Crippen molar-refractivity contribution in [3.8, 4) is 11.4 Å². The molecule has 0 bridgehead atoms. The van der Waals surface area contributed by atoms with Crippen molar-refractivity contribution in [2.75, 3.05) is 31.6 Å². The van der Waals surface area contributed by atoms with E-state index in [0.29, 0.717) is 30.1 Å². The predicted octanol–water partition coefficient (Wildman–Crippen LogP) is 2.16. The average Bonchev–Trinajstić information content (AvgIpc) is 3.48. The number of methoxy groups -OCH3 is 1. The zero-order chi connectivity index (χ0) is 21.5. The summed E-state index contributed by atoms with van der Waals surface area (Å²) in [5.41, 5.74) is 4.27. The number of hydrogen-bond acceptors (Lipinski definition) is 7. The fraction of sp³-hybridized carbons (Fsp3) is 0.318. The van der Waals surface area contributed by atoms with Gasteiger partial charge in [0.25, 0.3) is 5.91 Å². The van der Waals surface area contributed by atoms with Gasteiger partial charge in [-0.25, -0.2) is 9.97 Å². The molecule has 1 unspecified atom stereocenters. The number of rotatable bonds is 4. The van der Waals surface area contributed by atoms with Crippen LogP contribution in [0.3, 0.4) is 0 Å². The van der Waals surface area contributed by atoms with Gasteiger partial charge in [0.15, 0.2) is 0 Å². The van der Waals surface area contributed by atoms with Gasteiger partial charge in [0.05, 0.1) is 30.8 Å². The molecule has 0 saturated carbocycles. The van der Waals surface area contributed by atoms with Crippen LogP contribution in [0.2, 0.25) is 0 Å². The number of likely N-dealkylation sites (tertiary alicyclic amines) is 1. The van der Waals surface area contributed by atoms with E-state index in [1.165, 1.54) is 10.4 Å². The largest absolute Gasteiger partial charge is 0.497 e. The molecule has 0 radical (unpaired) electrons. The SMILES string of the molecule is COc1ccc(-n2nccn2)c(C(=O)N2CC3=CN(c4nc(C)cc(C)n4)CC3C2)c1. The van der Waals surface area contributed by atoms with Crippen molar-refractivity contribution in [1.29, 1.82) is 0 Å². The van der Waals surface area contributed by atoms with Gasteiger partial charge >= 0.3 is 0 Å². The Bertz CT molecular complexity index is 1150. The van der Waals surface area contributed by atoms with Crippen LogP contribution in [0.15, 0.2) is 48.4 Å². The minimum absolute atomic E-state index is 0.0595. The average molecular weight is 417 g/mol. The highest BCUT2D eigenvalue weighted by atomic mass is 16.5. The van der Waals surface area contributed by atoms with Crippen LogP contribution in [0.1, 0.15) is 21.7 Å². The van der Waals surface area contributed by atoms with E-state index in [1.807, 2.05) is 24.8 Å². The highest BCUT2D eigenvalue weighted by Gasteiger charge is 2.37. The molecule has 0 aliphatic carbocycles. The van der Waals surface area contributed by atoms with Gasteiger partial charge in [-0.3, -0.25) is 4.79 Å². The van der Waals surface area contributed by atoms with E-state index in [0.717, 1.165) is 23.9 Å². The lowest BCUT2D eigenvalue weighted by Gasteiger charge is -2.21. The molecule has 1 aromatic carbocycles. The normalized spacial score (nSPS) is 17.6. The third-order valence-electron chi connectivity index (χ3n) is 5.66. The monoisotopic (exact) mass is 417 g/mol. The van der Waals surface area contributed by atoms with Crippen LogP contribution < -0.4 is 9.64 Å². The van der Waals surface area contributed by atoms with E-state index in [4.69, 9.17) is 4.74 Å². The zero-order valence-electron chi connectivity index (χ0n) is 17.7. The summed E-state index contributed by atoms with van der Waals surface area (Å²) in [5.74, 6) is 1.55. The number of carbonyl (C=O) groups is 1. The Kier molecular flexibility index (Phi) is 4.65. The minimum Gasteiger partial charge on any atom is -0.497 e. The summed E-state index contributed by atoms with van der Waals surface area (Å²) in [4.78, 5) is 28.0. The highest BCUT2D eigenvalue weighted by molar-refractivity contribution is 5.98. The summed E-state index contributed by atoms with van der Waals surface area (Å²) < 4.78 is 5.34. The van der Waals surface area contributed by atoms with Crippen molar-refractivity contribution >= 4 is 11.9 Å². The summed E-state index contributed by atoms with van der Waals surface area (Å²) >= 11 is 0. The number of benzene rings is 1. The Labute approximate surface area is 180 Å². The van der Waals surface area contributed by atoms with Crippen molar-refractivity contribution in [3.63, 3.8) is 0 Å². The Morgan fingerprint density at radius 3 is 2.48 bits per heavy atom. The van der Waals surface area contributed by atoms with Crippen molar-refractivity contribution < 1.29 is 9.53 Å². The van der Waals surface area contributed by atoms with Crippen LogP contribution in [0.4, 0.5) is 5.95 Å². The first-order valence-corrected chi connectivity index (χ1v) is 10.2. The van der Waals surface area contributed by atoms with Crippen LogP contribution in [0.25, 0.3) is 5.69 Å². The minimum atomic E-state index is -0.0595. The van der Waals surface area contributed by atoms with E-state index < -0.39 is 0 Å². The van der Waals surface area contributed by atoms with Gasteiger partial charge < -0.3 is 14.5 Å². The van der Waals surface area contributed by atoms with Gasteiger partial charge in [0.1, 0.15) is 5.75 Å². The van der Waals surface area contributed by atoms with E-state index in [-0.39, 0.29) is 11.8 Å². The highest BCUT2D eigenvalue weighted by Crippen LogP contribution is 2.33. The summed E-state index contributed by atoms with van der Waals surface area (Å²) in [6.45, 7) is 5.95. The fourth-order valence-corrected chi connectivity index (χ4v) is 4.24. The molecular formula is C22H23N7O2.